The Balaban J connectivity index is 0.00000338. The molecule has 5 nitrogen and oxygen atoms in total. The van der Waals surface area contributed by atoms with E-state index in [1.807, 2.05) is 26.0 Å². The molecule has 2 aromatic rings. The molecule has 0 saturated heterocycles. The first-order valence-corrected chi connectivity index (χ1v) is 7.90. The first kappa shape index (κ1) is 21.0. The topological polar surface area (TPSA) is 79.4 Å². The van der Waals surface area contributed by atoms with Gasteiger partial charge in [-0.1, -0.05) is 32.2 Å². The van der Waals surface area contributed by atoms with Crippen LogP contribution in [0.15, 0.2) is 59.6 Å². The van der Waals surface area contributed by atoms with E-state index in [0.717, 1.165) is 22.1 Å². The maximum absolute atomic E-state index is 12.2. The minimum atomic E-state index is -1.07. The fraction of sp³-hybridized carbons (Fsp3) is 0.238. The highest BCUT2D eigenvalue weighted by Gasteiger charge is 2.15. The van der Waals surface area contributed by atoms with Crippen LogP contribution in [-0.4, -0.2) is 22.2 Å². The zero-order valence-corrected chi connectivity index (χ0v) is 14.5. The molecule has 2 rings (SSSR count). The third-order valence-electron chi connectivity index (χ3n) is 3.97. The van der Waals surface area contributed by atoms with Crippen molar-refractivity contribution in [3.8, 4) is 5.75 Å². The lowest BCUT2D eigenvalue weighted by molar-refractivity contribution is -0.144. The molecule has 1 heterocycles. The van der Waals surface area contributed by atoms with E-state index in [-0.39, 0.29) is 13.0 Å². The summed E-state index contributed by atoms with van der Waals surface area (Å²) < 4.78 is 5.36. The van der Waals surface area contributed by atoms with Crippen molar-refractivity contribution in [2.75, 3.05) is 0 Å². The van der Waals surface area contributed by atoms with Gasteiger partial charge in [-0.15, -0.1) is 0 Å². The summed E-state index contributed by atoms with van der Waals surface area (Å²) >= 11 is 0. The highest BCUT2D eigenvalue weighted by Crippen LogP contribution is 2.30. The van der Waals surface area contributed by atoms with Crippen LogP contribution >= 0.6 is 0 Å². The predicted octanol–water partition coefficient (Wildman–Crippen LogP) is 4.55. The molecule has 0 bridgehead atoms. The minimum Gasteiger partial charge on any atom is -0.479 e. The summed E-state index contributed by atoms with van der Waals surface area (Å²) in [6.07, 6.45) is 6.25. The summed E-state index contributed by atoms with van der Waals surface area (Å²) in [5.41, 5.74) is 2.60. The Bertz CT molecular complexity index is 935. The second-order valence-electron chi connectivity index (χ2n) is 5.62. The van der Waals surface area contributed by atoms with Gasteiger partial charge in [0.25, 0.3) is 5.56 Å². The number of benzene rings is 1. The number of H-pyrrole nitrogens is 1. The largest absolute Gasteiger partial charge is 0.479 e. The second kappa shape index (κ2) is 8.85. The number of carboxylic acid groups (broad SMARTS) is 1. The van der Waals surface area contributed by atoms with Crippen molar-refractivity contribution >= 4 is 22.3 Å². The molecule has 1 atom stereocenters. The van der Waals surface area contributed by atoms with Gasteiger partial charge in [0, 0.05) is 11.8 Å². The monoisotopic (exact) mass is 355 g/mol. The Kier molecular flexibility index (Phi) is 7.14. The predicted molar refractivity (Wildman–Crippen MR) is 107 cm³/mol. The van der Waals surface area contributed by atoms with E-state index in [0.29, 0.717) is 11.1 Å². The molecule has 0 amide bonds. The van der Waals surface area contributed by atoms with E-state index >= 15 is 0 Å². The third kappa shape index (κ3) is 4.30. The van der Waals surface area contributed by atoms with Crippen molar-refractivity contribution in [1.82, 2.24) is 4.98 Å². The van der Waals surface area contributed by atoms with Gasteiger partial charge in [-0.05, 0) is 55.5 Å². The maximum atomic E-state index is 12.2. The lowest BCUT2D eigenvalue weighted by Gasteiger charge is -2.14. The maximum Gasteiger partial charge on any atom is 0.344 e. The molecule has 0 aliphatic heterocycles. The van der Waals surface area contributed by atoms with Gasteiger partial charge in [-0.25, -0.2) is 4.79 Å². The van der Waals surface area contributed by atoms with E-state index in [1.165, 1.54) is 6.92 Å². The molecule has 0 aliphatic carbocycles. The molecule has 26 heavy (non-hydrogen) atoms. The van der Waals surface area contributed by atoms with E-state index in [9.17, 15) is 9.59 Å². The van der Waals surface area contributed by atoms with Crippen molar-refractivity contribution in [3.63, 3.8) is 0 Å². The molecule has 1 aromatic heterocycles. The summed E-state index contributed by atoms with van der Waals surface area (Å²) in [7, 11) is 0. The molecule has 0 saturated carbocycles. The van der Waals surface area contributed by atoms with Gasteiger partial charge in [0.2, 0.25) is 0 Å². The molecule has 0 spiro atoms. The molecule has 5 heteroatoms. The van der Waals surface area contributed by atoms with Crippen LogP contribution in [0.3, 0.4) is 0 Å². The molecule has 138 valence electrons. The van der Waals surface area contributed by atoms with E-state index in [1.54, 1.807) is 30.5 Å². The summed E-state index contributed by atoms with van der Waals surface area (Å²) in [6.45, 7) is 9.12. The van der Waals surface area contributed by atoms with Crippen LogP contribution in [0.25, 0.3) is 16.3 Å². The van der Waals surface area contributed by atoms with Crippen LogP contribution in [0.5, 0.6) is 5.75 Å². The smallest absolute Gasteiger partial charge is 0.344 e. The van der Waals surface area contributed by atoms with E-state index < -0.39 is 12.1 Å². The molecular formula is C21H25NO4. The van der Waals surface area contributed by atoms with Crippen molar-refractivity contribution in [2.45, 2.75) is 34.3 Å². The summed E-state index contributed by atoms with van der Waals surface area (Å²) in [5.74, 6) is -0.732. The number of aromatic nitrogens is 1. The number of carboxylic acids is 1. The molecule has 1 unspecified atom stereocenters. The second-order valence-corrected chi connectivity index (χ2v) is 5.62. The van der Waals surface area contributed by atoms with Crippen LogP contribution in [0.2, 0.25) is 0 Å². The molecule has 0 aliphatic rings. The van der Waals surface area contributed by atoms with E-state index in [4.69, 9.17) is 9.84 Å². The highest BCUT2D eigenvalue weighted by atomic mass is 16.5. The highest BCUT2D eigenvalue weighted by molar-refractivity contribution is 5.97. The Hall–Kier alpha value is -3.08. The molecule has 2 N–H and O–H groups in total. The number of hydrogen-bond acceptors (Lipinski definition) is 3. The number of hydrogen-bond donors (Lipinski definition) is 2. The number of carbonyl (C=O) groups is 1. The molecule has 0 fully saturated rings. The van der Waals surface area contributed by atoms with Gasteiger partial charge >= 0.3 is 5.97 Å². The number of fused-ring (bicyclic) bond motifs is 1. The Labute approximate surface area is 153 Å². The van der Waals surface area contributed by atoms with Crippen molar-refractivity contribution in [1.29, 1.82) is 0 Å². The fourth-order valence-electron chi connectivity index (χ4n) is 2.50. The Morgan fingerprint density at radius 2 is 2.04 bits per heavy atom. The quantitative estimate of drug-likeness (QED) is 0.745. The van der Waals surface area contributed by atoms with Crippen LogP contribution in [0.4, 0.5) is 0 Å². The fourth-order valence-corrected chi connectivity index (χ4v) is 2.50. The standard InChI is InChI=1S/C20H21NO4.CH4/c1-5-7-15(12(3)6-2)18-11-21-19(22)17-10-14(8-9-16(17)18)25-13(4)20(23)24;/h5-11,13H,1H2,2-4H3,(H,21,22)(H,23,24);1H4/b12-6-,15-7+;. The Morgan fingerprint density at radius 3 is 2.62 bits per heavy atom. The number of nitrogens with one attached hydrogen (secondary N) is 1. The number of aromatic amines is 1. The van der Waals surface area contributed by atoms with Crippen molar-refractivity contribution < 1.29 is 14.6 Å². The molecular weight excluding hydrogens is 330 g/mol. The number of ether oxygens (including phenoxy) is 1. The van der Waals surface area contributed by atoms with Gasteiger partial charge in [0.15, 0.2) is 6.10 Å². The molecule has 1 aromatic carbocycles. The SMILES string of the molecule is C.C=C/C=C(\C(C)=C/C)c1c[nH]c(=O)c2cc(OC(C)C(=O)O)ccc12. The summed E-state index contributed by atoms with van der Waals surface area (Å²) in [5, 5.41) is 10.2. The normalized spacial score (nSPS) is 13.0. The summed E-state index contributed by atoms with van der Waals surface area (Å²) in [4.78, 5) is 25.9. The van der Waals surface area contributed by atoms with Crippen molar-refractivity contribution in [3.05, 3.63) is 70.7 Å². The van der Waals surface area contributed by atoms with Gasteiger partial charge in [-0.3, -0.25) is 4.79 Å². The number of pyridine rings is 1. The average Bonchev–Trinajstić information content (AvgIpc) is 2.60. The zero-order valence-electron chi connectivity index (χ0n) is 14.5. The average molecular weight is 355 g/mol. The molecule has 0 radical (unpaired) electrons. The van der Waals surface area contributed by atoms with Crippen LogP contribution < -0.4 is 10.3 Å². The van der Waals surface area contributed by atoms with E-state index in [2.05, 4.69) is 11.6 Å². The lowest BCUT2D eigenvalue weighted by Crippen LogP contribution is -2.23. The number of aliphatic carboxylic acids is 1. The Morgan fingerprint density at radius 1 is 1.35 bits per heavy atom. The summed E-state index contributed by atoms with van der Waals surface area (Å²) in [6, 6.07) is 5.00. The minimum absolute atomic E-state index is 0. The van der Waals surface area contributed by atoms with Crippen LogP contribution in [0.1, 0.15) is 33.8 Å². The lowest BCUT2D eigenvalue weighted by atomic mass is 9.95. The van der Waals surface area contributed by atoms with Gasteiger partial charge in [0.1, 0.15) is 5.75 Å². The zero-order chi connectivity index (χ0) is 18.6. The first-order chi connectivity index (χ1) is 11.9. The number of allylic oxidation sites excluding steroid dienone is 5. The van der Waals surface area contributed by atoms with Crippen molar-refractivity contribution in [2.24, 2.45) is 0 Å². The van der Waals surface area contributed by atoms with Crippen LogP contribution in [0, 0.1) is 0 Å². The third-order valence-corrected chi connectivity index (χ3v) is 3.97. The number of rotatable bonds is 6. The van der Waals surface area contributed by atoms with Gasteiger partial charge in [-0.2, -0.15) is 0 Å². The van der Waals surface area contributed by atoms with Gasteiger partial charge in [0.05, 0.1) is 5.39 Å². The van der Waals surface area contributed by atoms with Crippen LogP contribution in [-0.2, 0) is 4.79 Å². The van der Waals surface area contributed by atoms with Gasteiger partial charge < -0.3 is 14.8 Å². The first-order valence-electron chi connectivity index (χ1n) is 7.90.